The van der Waals surface area contributed by atoms with Crippen molar-refractivity contribution in [2.75, 3.05) is 47.4 Å². The third kappa shape index (κ3) is 3.56. The number of likely N-dealkylation sites (tertiary alicyclic amines) is 1. The highest BCUT2D eigenvalue weighted by atomic mass is 16.5. The summed E-state index contributed by atoms with van der Waals surface area (Å²) in [6.45, 7) is 6.66. The zero-order valence-corrected chi connectivity index (χ0v) is 13.7. The maximum absolute atomic E-state index is 11.1. The van der Waals surface area contributed by atoms with E-state index in [0.717, 1.165) is 51.3 Å². The third-order valence-corrected chi connectivity index (χ3v) is 4.36. The van der Waals surface area contributed by atoms with E-state index in [1.807, 2.05) is 18.8 Å². The highest BCUT2D eigenvalue weighted by molar-refractivity contribution is 5.31. The van der Waals surface area contributed by atoms with Gasteiger partial charge in [0.1, 0.15) is 11.3 Å². The van der Waals surface area contributed by atoms with Gasteiger partial charge in [0, 0.05) is 19.6 Å². The summed E-state index contributed by atoms with van der Waals surface area (Å²) in [6.07, 6.45) is 3.17. The molecule has 0 atom stereocenters. The molecule has 0 bridgehead atoms. The monoisotopic (exact) mass is 296 g/mol. The van der Waals surface area contributed by atoms with E-state index in [1.54, 1.807) is 13.3 Å². The van der Waals surface area contributed by atoms with Crippen molar-refractivity contribution in [1.82, 2.24) is 19.6 Å². The van der Waals surface area contributed by atoms with Gasteiger partial charge < -0.3 is 19.6 Å². The summed E-state index contributed by atoms with van der Waals surface area (Å²) in [5.41, 5.74) is 0.00224. The molecular formula is C15H28N4O2. The van der Waals surface area contributed by atoms with Crippen molar-refractivity contribution in [3.8, 4) is 5.75 Å². The number of nitrogens with zero attached hydrogens (tertiary/aromatic N) is 4. The molecule has 1 N–H and O–H groups in total. The van der Waals surface area contributed by atoms with Gasteiger partial charge >= 0.3 is 0 Å². The highest BCUT2D eigenvalue weighted by Gasteiger charge is 2.39. The number of aromatic nitrogens is 2. The van der Waals surface area contributed by atoms with Gasteiger partial charge in [0.05, 0.1) is 19.9 Å². The van der Waals surface area contributed by atoms with Gasteiger partial charge in [-0.2, -0.15) is 5.10 Å². The molecule has 2 heterocycles. The zero-order chi connectivity index (χ0) is 15.5. The molecule has 0 aliphatic carbocycles. The van der Waals surface area contributed by atoms with Crippen molar-refractivity contribution in [2.24, 2.45) is 0 Å². The van der Waals surface area contributed by atoms with Crippen molar-refractivity contribution < 1.29 is 9.84 Å². The fourth-order valence-corrected chi connectivity index (χ4v) is 2.93. The van der Waals surface area contributed by atoms with Crippen LogP contribution in [0.25, 0.3) is 0 Å². The Kier molecular flexibility index (Phi) is 5.24. The van der Waals surface area contributed by atoms with Gasteiger partial charge in [-0.1, -0.05) is 6.92 Å². The van der Waals surface area contributed by atoms with Crippen LogP contribution in [0.3, 0.4) is 0 Å². The predicted octanol–water partition coefficient (Wildman–Crippen LogP) is 0.757. The Morgan fingerprint density at radius 1 is 1.38 bits per heavy atom. The summed E-state index contributed by atoms with van der Waals surface area (Å²) in [4.78, 5) is 4.48. The van der Waals surface area contributed by atoms with Gasteiger partial charge in [0.25, 0.3) is 0 Å². The molecule has 0 saturated carbocycles. The fourth-order valence-electron chi connectivity index (χ4n) is 2.93. The number of piperidine rings is 1. The van der Waals surface area contributed by atoms with Gasteiger partial charge in [0.15, 0.2) is 5.75 Å². The van der Waals surface area contributed by atoms with Gasteiger partial charge in [-0.15, -0.1) is 0 Å². The number of methoxy groups -OCH3 is 1. The van der Waals surface area contributed by atoms with Crippen LogP contribution in [-0.2, 0) is 12.1 Å². The molecule has 120 valence electrons. The maximum Gasteiger partial charge on any atom is 0.162 e. The first-order chi connectivity index (χ1) is 10.00. The normalized spacial score (nSPS) is 19.1. The number of rotatable bonds is 6. The van der Waals surface area contributed by atoms with Crippen molar-refractivity contribution in [3.63, 3.8) is 0 Å². The van der Waals surface area contributed by atoms with Gasteiger partial charge in [0.2, 0.25) is 0 Å². The lowest BCUT2D eigenvalue weighted by molar-refractivity contribution is -0.0333. The third-order valence-electron chi connectivity index (χ3n) is 4.36. The second kappa shape index (κ2) is 6.77. The lowest BCUT2D eigenvalue weighted by Gasteiger charge is -2.38. The molecule has 0 aromatic carbocycles. The van der Waals surface area contributed by atoms with Crippen LogP contribution in [0.2, 0.25) is 0 Å². The van der Waals surface area contributed by atoms with Crippen molar-refractivity contribution >= 4 is 0 Å². The molecule has 1 aliphatic heterocycles. The first kappa shape index (κ1) is 16.3. The second-order valence-electron chi connectivity index (χ2n) is 6.05. The van der Waals surface area contributed by atoms with Crippen LogP contribution in [0.1, 0.15) is 25.5 Å². The molecule has 1 aliphatic rings. The van der Waals surface area contributed by atoms with E-state index in [1.165, 1.54) is 0 Å². The summed E-state index contributed by atoms with van der Waals surface area (Å²) in [5.74, 6) is 0.696. The van der Waals surface area contributed by atoms with Crippen LogP contribution in [0.15, 0.2) is 6.20 Å². The molecular weight excluding hydrogens is 268 g/mol. The van der Waals surface area contributed by atoms with E-state index < -0.39 is 5.60 Å². The molecule has 2 rings (SSSR count). The Bertz CT molecular complexity index is 451. The Morgan fingerprint density at radius 2 is 2.05 bits per heavy atom. The number of likely N-dealkylation sites (N-methyl/N-ethyl adjacent to an activating group) is 1. The SMILES string of the molecule is CCN1CCC(O)(c2c(OC)cnn2CCN(C)C)CC1. The minimum Gasteiger partial charge on any atom is -0.493 e. The zero-order valence-electron chi connectivity index (χ0n) is 13.7. The minimum absolute atomic E-state index is 0.696. The molecule has 21 heavy (non-hydrogen) atoms. The smallest absolute Gasteiger partial charge is 0.162 e. The summed E-state index contributed by atoms with van der Waals surface area (Å²) in [5, 5.41) is 15.5. The number of hydrogen-bond donors (Lipinski definition) is 1. The van der Waals surface area contributed by atoms with E-state index in [0.29, 0.717) is 5.75 Å². The van der Waals surface area contributed by atoms with Crippen molar-refractivity contribution in [2.45, 2.75) is 31.9 Å². The second-order valence-corrected chi connectivity index (χ2v) is 6.05. The fraction of sp³-hybridized carbons (Fsp3) is 0.800. The summed E-state index contributed by atoms with van der Waals surface area (Å²) < 4.78 is 7.34. The predicted molar refractivity (Wildman–Crippen MR) is 82.6 cm³/mol. The molecule has 1 aromatic heterocycles. The summed E-state index contributed by atoms with van der Waals surface area (Å²) in [7, 11) is 5.71. The van der Waals surface area contributed by atoms with Crippen molar-refractivity contribution in [3.05, 3.63) is 11.9 Å². The number of ether oxygens (including phenoxy) is 1. The van der Waals surface area contributed by atoms with Gasteiger partial charge in [-0.3, -0.25) is 4.68 Å². The molecule has 0 spiro atoms. The molecule has 6 nitrogen and oxygen atoms in total. The number of hydrogen-bond acceptors (Lipinski definition) is 5. The highest BCUT2D eigenvalue weighted by Crippen LogP contribution is 2.37. The molecule has 0 radical (unpaired) electrons. The Morgan fingerprint density at radius 3 is 2.57 bits per heavy atom. The van der Waals surface area contributed by atoms with E-state index in [-0.39, 0.29) is 0 Å². The molecule has 1 aromatic rings. The van der Waals surface area contributed by atoms with E-state index in [2.05, 4.69) is 21.8 Å². The topological polar surface area (TPSA) is 53.8 Å². The van der Waals surface area contributed by atoms with Crippen LogP contribution in [0.4, 0.5) is 0 Å². The molecule has 1 saturated heterocycles. The largest absolute Gasteiger partial charge is 0.493 e. The van der Waals surface area contributed by atoms with E-state index in [9.17, 15) is 5.11 Å². The molecule has 1 fully saturated rings. The molecule has 6 heteroatoms. The maximum atomic E-state index is 11.1. The quantitative estimate of drug-likeness (QED) is 0.840. The minimum atomic E-state index is -0.834. The lowest BCUT2D eigenvalue weighted by Crippen LogP contribution is -2.44. The van der Waals surface area contributed by atoms with Crippen LogP contribution in [0.5, 0.6) is 5.75 Å². The van der Waals surface area contributed by atoms with Crippen molar-refractivity contribution in [1.29, 1.82) is 0 Å². The first-order valence-corrected chi connectivity index (χ1v) is 7.70. The first-order valence-electron chi connectivity index (χ1n) is 7.70. The Labute approximate surface area is 127 Å². The average molecular weight is 296 g/mol. The lowest BCUT2D eigenvalue weighted by atomic mass is 9.87. The molecule has 0 amide bonds. The number of aliphatic hydroxyl groups is 1. The van der Waals surface area contributed by atoms with Crippen LogP contribution in [0, 0.1) is 0 Å². The van der Waals surface area contributed by atoms with E-state index >= 15 is 0 Å². The van der Waals surface area contributed by atoms with Gasteiger partial charge in [-0.05, 0) is 33.5 Å². The summed E-state index contributed by atoms with van der Waals surface area (Å²) >= 11 is 0. The van der Waals surface area contributed by atoms with Crippen LogP contribution in [-0.4, -0.2) is 72.1 Å². The average Bonchev–Trinajstić information content (AvgIpc) is 2.89. The Hall–Kier alpha value is -1.11. The summed E-state index contributed by atoms with van der Waals surface area (Å²) in [6, 6.07) is 0. The van der Waals surface area contributed by atoms with Gasteiger partial charge in [-0.25, -0.2) is 0 Å². The van der Waals surface area contributed by atoms with Crippen LogP contribution < -0.4 is 4.74 Å². The molecule has 0 unspecified atom stereocenters. The van der Waals surface area contributed by atoms with E-state index in [4.69, 9.17) is 4.74 Å². The Balaban J connectivity index is 2.22. The standard InChI is InChI=1S/C15H28N4O2/c1-5-18-8-6-15(20,7-9-18)14-13(21-4)12-16-19(14)11-10-17(2)3/h12,20H,5-11H2,1-4H3. The van der Waals surface area contributed by atoms with Crippen LogP contribution >= 0.6 is 0 Å².